The predicted octanol–water partition coefficient (Wildman–Crippen LogP) is 2.17. The highest BCUT2D eigenvalue weighted by Gasteiger charge is 2.42. The monoisotopic (exact) mass is 1950 g/mol. The normalized spacial score (nSPS) is 13.8. The average molecular weight is 1950 g/mol. The molecule has 50 heteroatoms. The van der Waals surface area contributed by atoms with Gasteiger partial charge in [0.1, 0.15) is 59.7 Å². The van der Waals surface area contributed by atoms with Gasteiger partial charge in [0.2, 0.25) is 52.7 Å². The Kier molecular flexibility index (Phi) is 48.4. The molecule has 0 spiro atoms. The number of anilines is 1. The van der Waals surface area contributed by atoms with Crippen LogP contribution >= 0.6 is 24.4 Å². The lowest BCUT2D eigenvalue weighted by molar-refractivity contribution is -0.142. The third kappa shape index (κ3) is 38.2. The molecule has 1 aliphatic carbocycles. The van der Waals surface area contributed by atoms with Crippen molar-refractivity contribution in [3.05, 3.63) is 142 Å². The van der Waals surface area contributed by atoms with E-state index in [2.05, 4.69) is 44.5 Å². The molecule has 3 aliphatic rings. The van der Waals surface area contributed by atoms with Crippen LogP contribution < -0.4 is 63.5 Å². The molecular weight excluding hydrogens is 1850 g/mol. The van der Waals surface area contributed by atoms with Gasteiger partial charge < -0.3 is 128 Å². The van der Waals surface area contributed by atoms with E-state index >= 15 is 0 Å². The molecule has 0 bridgehead atoms. The minimum absolute atomic E-state index is 0. The molecule has 0 aromatic heterocycles. The van der Waals surface area contributed by atoms with Gasteiger partial charge in [0.05, 0.1) is 69.4 Å². The number of rotatable bonds is 57. The van der Waals surface area contributed by atoms with Crippen molar-refractivity contribution in [3.63, 3.8) is 0 Å². The molecule has 20 N–H and O–H groups in total. The summed E-state index contributed by atoms with van der Waals surface area (Å²) in [6, 6.07) is 9.95. The second kappa shape index (κ2) is 57.8. The number of aliphatic carboxylic acids is 8. The fraction of sp³-hybridized carbons (Fsp3) is 0.419. The number of thioether (sulfide) groups is 1. The van der Waals surface area contributed by atoms with E-state index in [1.807, 2.05) is 21.3 Å². The number of nitrogens with zero attached hydrogens (tertiary/aromatic N) is 1. The number of urea groups is 2. The number of imide groups is 1. The molecule has 0 radical (unpaired) electrons. The third-order valence-corrected chi connectivity index (χ3v) is 21.0. The number of hydrogen-bond acceptors (Lipinski definition) is 28. The number of carbonyl (C=O) groups excluding carboxylic acids is 10. The lowest BCUT2D eigenvalue weighted by atomic mass is 9.90. The predicted molar refractivity (Wildman–Crippen MR) is 477 cm³/mol. The zero-order chi connectivity index (χ0) is 98.8. The molecule has 7 rings (SSSR count). The van der Waals surface area contributed by atoms with Gasteiger partial charge in [0.15, 0.2) is 17.4 Å². The maximum absolute atomic E-state index is 14.8. The van der Waals surface area contributed by atoms with Crippen molar-refractivity contribution in [2.45, 2.75) is 152 Å². The molecule has 1 unspecified atom stereocenters. The number of phenolic OH excluding ortho intramolecular Hbond substituents is 1. The third-order valence-electron chi connectivity index (χ3n) is 19.3. The molecule has 1 saturated heterocycles. The number of halogens is 2. The van der Waals surface area contributed by atoms with E-state index in [0.717, 1.165) is 35.9 Å². The van der Waals surface area contributed by atoms with Crippen LogP contribution in [0.4, 0.5) is 24.1 Å². The molecule has 4 aromatic rings. The minimum Gasteiger partial charge on any atom is -0.505 e. The fourth-order valence-corrected chi connectivity index (χ4v) is 13.9. The smallest absolute Gasteiger partial charge is 0.336 e. The van der Waals surface area contributed by atoms with Crippen LogP contribution in [0.3, 0.4) is 0 Å². The number of carbonyl (C=O) groups is 19. The number of carboxylic acid groups (broad SMARTS) is 9. The maximum Gasteiger partial charge on any atom is 0.336 e. The number of benzene rings is 5. The van der Waals surface area contributed by atoms with Gasteiger partial charge in [-0.2, -0.15) is 12.6 Å². The van der Waals surface area contributed by atoms with E-state index in [-0.39, 0.29) is 177 Å². The number of aromatic carboxylic acids is 1. The van der Waals surface area contributed by atoms with Crippen molar-refractivity contribution in [2.75, 3.05) is 82.4 Å². The van der Waals surface area contributed by atoms with Gasteiger partial charge in [-0.25, -0.2) is 56.8 Å². The van der Waals surface area contributed by atoms with Crippen molar-refractivity contribution in [1.82, 2.24) is 53.2 Å². The Labute approximate surface area is 782 Å². The van der Waals surface area contributed by atoms with E-state index in [9.17, 15) is 140 Å². The summed E-state index contributed by atoms with van der Waals surface area (Å²) in [7, 11) is 0. The summed E-state index contributed by atoms with van der Waals surface area (Å²) >= 11 is 4.65. The number of aromatic hydroxyl groups is 1. The number of phenols is 1. The quantitative estimate of drug-likeness (QED) is 0.0113. The molecule has 0 saturated carbocycles. The number of hydrogen-bond donors (Lipinski definition) is 21. The lowest BCUT2D eigenvalue weighted by Crippen LogP contribution is -2.53. The van der Waals surface area contributed by atoms with Crippen LogP contribution in [0.15, 0.2) is 112 Å². The van der Waals surface area contributed by atoms with E-state index in [0.29, 0.717) is 22.2 Å². The summed E-state index contributed by atoms with van der Waals surface area (Å²) in [4.78, 5) is 245. The second-order valence-electron chi connectivity index (χ2n) is 29.2. The molecule has 136 heavy (non-hydrogen) atoms. The standard InChI is InChI=1S/C54H54F2N6O21S.C30H43N5O14S.2CH4/c55-32-20-30-40(22-38(32)63)83-41-23-39(64)33(56)21-31(41)47(30)28-7-6-27(19-29(28)50(72)73)62-45(67)24-42(49(62)71)84-25-37(53(78)79)59-48(70)36(18-26-4-2-1-3-5-26)58-44(66)12-14-81-16-17-82-15-13-57-43(65)10-8-34(51(74)75)60-54(80)61-35(52(76)77)9-11-46(68)69;36-23(8-6-19(27(41)42)34-30(47)35-20(28(43)44)7-9-25(38)39)31-11-13-49-15-14-48-12-10-24(37)32-21(16-18-4-2-1-3-5-18)26(40)33-22(17-50)29(45)46;;/h1-7,19-23,34-37,42,63H,8-18,24-25H2,(H,57,65)(H,58,66)(H,59,70)(H,68,69)(H,72,73)(H,74,75)(H,76,77)(H,78,79)(H2,60,61,80);1-5,19-22,50H,6-17H2,(H,31,36)(H,32,37)(H,33,40)(H,38,39)(H,41,42)(H,43,44)(H,45,46)(H2,34,35,47);2*1H4/t34-,35-,36-,37-,42?;19-,20-,21-,22-;;/m00../s1. The van der Waals surface area contributed by atoms with Crippen molar-refractivity contribution in [1.29, 1.82) is 0 Å². The first-order chi connectivity index (χ1) is 63.6. The van der Waals surface area contributed by atoms with Crippen LogP contribution in [0.2, 0.25) is 0 Å². The van der Waals surface area contributed by atoms with Gasteiger partial charge in [-0.1, -0.05) is 81.6 Å². The molecule has 12 amide bonds. The Morgan fingerprint density at radius 3 is 1.28 bits per heavy atom. The summed E-state index contributed by atoms with van der Waals surface area (Å²) in [6.45, 7) is 0.149. The number of thiol groups is 1. The summed E-state index contributed by atoms with van der Waals surface area (Å²) < 4.78 is 56.7. The van der Waals surface area contributed by atoms with Crippen LogP contribution in [0, 0.1) is 11.6 Å². The first-order valence-corrected chi connectivity index (χ1v) is 42.4. The number of amides is 12. The zero-order valence-corrected chi connectivity index (χ0v) is 72.6. The maximum atomic E-state index is 14.8. The van der Waals surface area contributed by atoms with Crippen molar-refractivity contribution >= 4 is 154 Å². The molecule has 9 atom stereocenters. The largest absolute Gasteiger partial charge is 0.505 e. The topological polar surface area (TPSA) is 717 Å². The molecule has 4 aromatic carbocycles. The fourth-order valence-electron chi connectivity index (χ4n) is 12.5. The van der Waals surface area contributed by atoms with E-state index in [1.54, 1.807) is 60.7 Å². The van der Waals surface area contributed by atoms with Gasteiger partial charge in [0.25, 0.3) is 0 Å². The Bertz CT molecular complexity index is 5250. The number of nitrogens with one attached hydrogen (secondary N) is 10. The number of fused-ring (bicyclic) bond motifs is 2. The highest BCUT2D eigenvalue weighted by Crippen LogP contribution is 2.44. The SMILES string of the molecule is C.C.O=C(O)CC[C@H](NC(=O)N[C@@H](CCC(=O)NCCOCCOCCC(=O)N[C@@H](Cc1ccccc1)C(=O)N[C@@H](CS)C(=O)O)C(=O)O)C(=O)O.O=C(O)CC[C@H](NC(=O)N[C@@H](CCC(=O)NCCOCCOCCC(=O)N[C@@H](Cc1ccccc1)C(=O)N[C@@H](CSC1CC(=O)N(c2ccc(-c3c4cc(F)c(=O)cc-4oc4cc(O)c(F)cc34)c(C(=O)O)c2)C1=O)C(=O)O)C(=O)O)C(=O)O. The van der Waals surface area contributed by atoms with Gasteiger partial charge in [-0.3, -0.25) is 52.7 Å². The molecule has 2 aliphatic heterocycles. The van der Waals surface area contributed by atoms with Crippen molar-refractivity contribution in [3.8, 4) is 28.2 Å². The van der Waals surface area contributed by atoms with Crippen molar-refractivity contribution < 1.29 is 174 Å². The van der Waals surface area contributed by atoms with E-state index in [4.69, 9.17) is 38.7 Å². The summed E-state index contributed by atoms with van der Waals surface area (Å²) in [5.41, 5.74) is -1.22. The van der Waals surface area contributed by atoms with Crippen LogP contribution in [-0.4, -0.2) is 295 Å². The first kappa shape index (κ1) is 114. The van der Waals surface area contributed by atoms with Crippen LogP contribution in [0.5, 0.6) is 5.75 Å². The lowest BCUT2D eigenvalue weighted by Gasteiger charge is -2.22. The first-order valence-electron chi connectivity index (χ1n) is 40.8. The zero-order valence-electron chi connectivity index (χ0n) is 70.9. The van der Waals surface area contributed by atoms with Gasteiger partial charge in [-0.05, 0) is 66.6 Å². The van der Waals surface area contributed by atoms with Crippen LogP contribution in [0.1, 0.15) is 107 Å². The molecule has 1 fully saturated rings. The van der Waals surface area contributed by atoms with Gasteiger partial charge >= 0.3 is 65.8 Å². The van der Waals surface area contributed by atoms with Crippen molar-refractivity contribution in [2.24, 2.45) is 0 Å². The van der Waals surface area contributed by atoms with Gasteiger partial charge in [-0.15, -0.1) is 11.8 Å². The molecular formula is C86H105F2N11O35S2. The highest BCUT2D eigenvalue weighted by atomic mass is 32.2. The second-order valence-corrected chi connectivity index (χ2v) is 30.8. The van der Waals surface area contributed by atoms with Crippen LogP contribution in [0.25, 0.3) is 33.4 Å². The molecule has 2 heterocycles. The van der Waals surface area contributed by atoms with E-state index in [1.165, 1.54) is 12.1 Å². The number of ether oxygens (including phenoxy) is 4. The average Bonchev–Trinajstić information content (AvgIpc) is 0.921. The van der Waals surface area contributed by atoms with Gasteiger partial charge in [0, 0.05) is 111 Å². The number of carboxylic acids is 9. The Balaban J connectivity index is 0.000000637. The Morgan fingerprint density at radius 2 is 0.868 bits per heavy atom. The summed E-state index contributed by atoms with van der Waals surface area (Å²) in [5.74, 6) is -22.7. The Morgan fingerprint density at radius 1 is 0.449 bits per heavy atom. The molecule has 740 valence electrons. The summed E-state index contributed by atoms with van der Waals surface area (Å²) in [5, 5.41) is 116. The summed E-state index contributed by atoms with van der Waals surface area (Å²) in [6.07, 6.45) is -4.15. The minimum atomic E-state index is -1.67. The Hall–Kier alpha value is -14.5. The van der Waals surface area contributed by atoms with E-state index < -0.39 is 233 Å². The van der Waals surface area contributed by atoms with Crippen LogP contribution in [-0.2, 0) is 109 Å². The molecule has 46 nitrogen and oxygen atoms in total. The highest BCUT2D eigenvalue weighted by molar-refractivity contribution is 8.00.